The second-order valence-corrected chi connectivity index (χ2v) is 10.4. The number of likely N-dealkylation sites (N-methyl/N-ethyl adjacent to an activating group) is 1. The van der Waals surface area contributed by atoms with Gasteiger partial charge in [-0.05, 0) is 56.2 Å². The number of imidazole rings is 1. The van der Waals surface area contributed by atoms with Crippen molar-refractivity contribution < 1.29 is 14.2 Å². The number of nitro groups is 1. The number of anilines is 3. The Balaban J connectivity index is 1.46. The fourth-order valence-electron chi connectivity index (χ4n) is 4.00. The van der Waals surface area contributed by atoms with Gasteiger partial charge in [0.25, 0.3) is 0 Å². The average molecular weight is 616 g/mol. The van der Waals surface area contributed by atoms with E-state index in [0.717, 1.165) is 10.2 Å². The molecule has 0 aliphatic carbocycles. The number of terminal acetylenes is 1. The number of carbonyl (C=O) groups excluding carboxylic acids is 1. The van der Waals surface area contributed by atoms with Gasteiger partial charge >= 0.3 is 11.6 Å². The topological polar surface area (TPSA) is 165 Å². The van der Waals surface area contributed by atoms with Crippen molar-refractivity contribution in [3.63, 3.8) is 0 Å². The van der Waals surface area contributed by atoms with E-state index in [0.29, 0.717) is 40.3 Å². The molecular formula is C27H24BrN10O3+. The van der Waals surface area contributed by atoms with Crippen LogP contribution >= 0.6 is 15.9 Å². The zero-order chi connectivity index (χ0) is 29.7. The van der Waals surface area contributed by atoms with Crippen LogP contribution in [0.25, 0.3) is 10.9 Å². The summed E-state index contributed by atoms with van der Waals surface area (Å²) >= 11 is 3.42. The van der Waals surface area contributed by atoms with Gasteiger partial charge < -0.3 is 25.2 Å². The van der Waals surface area contributed by atoms with Crippen LogP contribution in [-0.4, -0.2) is 60.5 Å². The molecule has 1 amide bonds. The molecule has 14 heteroatoms. The van der Waals surface area contributed by atoms with E-state index < -0.39 is 10.8 Å². The molecule has 4 aromatic rings. The first-order valence-electron chi connectivity index (χ1n) is 12.0. The van der Waals surface area contributed by atoms with E-state index in [9.17, 15) is 20.2 Å². The van der Waals surface area contributed by atoms with Crippen LogP contribution in [0.5, 0.6) is 0 Å². The standard InChI is InChI=1S/C27H23BrN10O3/c1-5-17-11-18(8-9-20(17)28)33-26-19-12-23(30-14-21(19)31-16-32-26)34-25(39)7-6-10-38(3,4)15-22-27(37(40)41)35-24(13-29)36(22)2/h1,6-9,11-12,14,16H,10,15H2,2-4H3,(H-,30,31,32,33,34,39)/p+1/b7-6+. The third kappa shape index (κ3) is 6.70. The molecule has 0 unspecified atom stereocenters. The van der Waals surface area contributed by atoms with Crippen molar-refractivity contribution in [3.05, 3.63) is 80.6 Å². The van der Waals surface area contributed by atoms with Crippen LogP contribution in [0.15, 0.2) is 53.4 Å². The highest BCUT2D eigenvalue weighted by molar-refractivity contribution is 9.10. The molecule has 0 bridgehead atoms. The van der Waals surface area contributed by atoms with Crippen LogP contribution in [0.4, 0.5) is 23.1 Å². The maximum absolute atomic E-state index is 12.7. The van der Waals surface area contributed by atoms with Gasteiger partial charge in [0, 0.05) is 34.2 Å². The molecule has 3 heterocycles. The average Bonchev–Trinajstić information content (AvgIpc) is 3.24. The molecule has 0 aliphatic heterocycles. The first-order valence-corrected chi connectivity index (χ1v) is 12.8. The van der Waals surface area contributed by atoms with Gasteiger partial charge in [0.1, 0.15) is 24.5 Å². The van der Waals surface area contributed by atoms with Gasteiger partial charge in [-0.15, -0.1) is 6.42 Å². The maximum atomic E-state index is 12.7. The fourth-order valence-corrected chi connectivity index (χ4v) is 4.36. The summed E-state index contributed by atoms with van der Waals surface area (Å²) in [6.45, 7) is 0.591. The Morgan fingerprint density at radius 3 is 2.78 bits per heavy atom. The number of carbonyl (C=O) groups is 1. The van der Waals surface area contributed by atoms with Crippen LogP contribution in [-0.2, 0) is 18.4 Å². The number of halogens is 1. The van der Waals surface area contributed by atoms with E-state index >= 15 is 0 Å². The number of hydrogen-bond donors (Lipinski definition) is 2. The lowest BCUT2D eigenvalue weighted by atomic mass is 10.2. The first-order chi connectivity index (χ1) is 19.5. The van der Waals surface area contributed by atoms with E-state index in [1.54, 1.807) is 19.2 Å². The Labute approximate surface area is 243 Å². The van der Waals surface area contributed by atoms with Crippen LogP contribution < -0.4 is 10.6 Å². The SMILES string of the molecule is C#Cc1cc(Nc2ncnc3cnc(NC(=O)/C=C/C[N+](C)(C)Cc4c([N+](=O)[O-])nc(C#N)n4C)cc23)ccc1Br. The predicted molar refractivity (Wildman–Crippen MR) is 156 cm³/mol. The minimum atomic E-state index is -0.602. The quantitative estimate of drug-likeness (QED) is 0.0936. The lowest BCUT2D eigenvalue weighted by molar-refractivity contribution is -0.898. The molecule has 4 rings (SSSR count). The van der Waals surface area contributed by atoms with E-state index in [1.807, 2.05) is 38.4 Å². The zero-order valence-corrected chi connectivity index (χ0v) is 23.9. The van der Waals surface area contributed by atoms with Crippen molar-refractivity contribution in [2.75, 3.05) is 31.3 Å². The summed E-state index contributed by atoms with van der Waals surface area (Å²) in [5.41, 5.74) is 2.31. The number of amides is 1. The molecule has 0 radical (unpaired) electrons. The highest BCUT2D eigenvalue weighted by Crippen LogP contribution is 2.27. The van der Waals surface area contributed by atoms with Crippen molar-refractivity contribution in [1.82, 2.24) is 24.5 Å². The number of aromatic nitrogens is 5. The molecular weight excluding hydrogens is 592 g/mol. The molecule has 1 aromatic carbocycles. The minimum absolute atomic E-state index is 0.0394. The van der Waals surface area contributed by atoms with E-state index in [-0.39, 0.29) is 22.7 Å². The van der Waals surface area contributed by atoms with E-state index in [2.05, 4.69) is 52.4 Å². The third-order valence-corrected chi connectivity index (χ3v) is 6.76. The minimum Gasteiger partial charge on any atom is -0.358 e. The van der Waals surface area contributed by atoms with Gasteiger partial charge in [0.05, 0.1) is 32.4 Å². The second kappa shape index (κ2) is 11.9. The van der Waals surface area contributed by atoms with Crippen molar-refractivity contribution in [2.45, 2.75) is 6.54 Å². The van der Waals surface area contributed by atoms with E-state index in [4.69, 9.17) is 6.42 Å². The van der Waals surface area contributed by atoms with Gasteiger partial charge in [-0.2, -0.15) is 5.26 Å². The van der Waals surface area contributed by atoms with Crippen molar-refractivity contribution in [2.24, 2.45) is 7.05 Å². The van der Waals surface area contributed by atoms with Gasteiger partial charge in [-0.3, -0.25) is 9.36 Å². The molecule has 0 saturated heterocycles. The largest absolute Gasteiger partial charge is 0.392 e. The van der Waals surface area contributed by atoms with Crippen molar-refractivity contribution in [1.29, 1.82) is 5.26 Å². The fraction of sp³-hybridized carbons (Fsp3) is 0.185. The number of nitrogens with zero attached hydrogens (tertiary/aromatic N) is 8. The van der Waals surface area contributed by atoms with Crippen LogP contribution in [0.3, 0.4) is 0 Å². The lowest BCUT2D eigenvalue weighted by Crippen LogP contribution is -2.39. The Hall–Kier alpha value is -5.18. The Morgan fingerprint density at radius 1 is 1.29 bits per heavy atom. The number of nitrogens with one attached hydrogen (secondary N) is 2. The number of pyridine rings is 1. The second-order valence-electron chi connectivity index (χ2n) is 9.57. The molecule has 3 aromatic heterocycles. The van der Waals surface area contributed by atoms with Gasteiger partial charge in [-0.1, -0.05) is 5.92 Å². The molecule has 206 valence electrons. The lowest BCUT2D eigenvalue weighted by Gasteiger charge is -2.28. The zero-order valence-electron chi connectivity index (χ0n) is 22.3. The Kier molecular flexibility index (Phi) is 8.37. The Bertz CT molecular complexity index is 1780. The summed E-state index contributed by atoms with van der Waals surface area (Å²) < 4.78 is 2.49. The molecule has 0 atom stereocenters. The monoisotopic (exact) mass is 615 g/mol. The summed E-state index contributed by atoms with van der Waals surface area (Å²) in [5.74, 6) is 2.62. The number of fused-ring (bicyclic) bond motifs is 1. The number of rotatable bonds is 9. The summed E-state index contributed by atoms with van der Waals surface area (Å²) in [7, 11) is 5.26. The highest BCUT2D eigenvalue weighted by Gasteiger charge is 2.30. The first kappa shape index (κ1) is 28.8. The summed E-state index contributed by atoms with van der Waals surface area (Å²) in [6.07, 6.45) is 11.5. The molecule has 0 fully saturated rings. The molecule has 0 spiro atoms. The smallest absolute Gasteiger partial charge is 0.358 e. The number of quaternary nitrogens is 1. The summed E-state index contributed by atoms with van der Waals surface area (Å²) in [6, 6.07) is 9.02. The third-order valence-electron chi connectivity index (χ3n) is 6.07. The van der Waals surface area contributed by atoms with Gasteiger partial charge in [-0.25, -0.2) is 15.0 Å². The van der Waals surface area contributed by atoms with Crippen molar-refractivity contribution in [3.8, 4) is 18.4 Å². The number of nitriles is 1. The van der Waals surface area contributed by atoms with Crippen LogP contribution in [0.2, 0.25) is 0 Å². The molecule has 41 heavy (non-hydrogen) atoms. The number of hydrogen-bond acceptors (Lipinski definition) is 9. The predicted octanol–water partition coefficient (Wildman–Crippen LogP) is 3.80. The highest BCUT2D eigenvalue weighted by atomic mass is 79.9. The normalized spacial score (nSPS) is 11.3. The van der Waals surface area contributed by atoms with Crippen LogP contribution in [0.1, 0.15) is 17.1 Å². The summed E-state index contributed by atoms with van der Waals surface area (Å²) in [5, 5.41) is 27.2. The Morgan fingerprint density at radius 2 is 2.07 bits per heavy atom. The molecule has 13 nitrogen and oxygen atoms in total. The number of benzene rings is 1. The van der Waals surface area contributed by atoms with Gasteiger partial charge in [0.15, 0.2) is 11.8 Å². The maximum Gasteiger partial charge on any atom is 0.392 e. The van der Waals surface area contributed by atoms with E-state index in [1.165, 1.54) is 23.2 Å². The molecule has 2 N–H and O–H groups in total. The van der Waals surface area contributed by atoms with Crippen molar-refractivity contribution >= 4 is 55.9 Å². The van der Waals surface area contributed by atoms with Gasteiger partial charge in [0.2, 0.25) is 5.91 Å². The molecule has 0 aliphatic rings. The summed E-state index contributed by atoms with van der Waals surface area (Å²) in [4.78, 5) is 40.1. The molecule has 0 saturated carbocycles. The van der Waals surface area contributed by atoms with Crippen LogP contribution in [0, 0.1) is 33.8 Å².